The standard InChI is InChI=1S/C10H19BO4/c1-4-7-8(12)9(10(11)15-7)14-5-6(2)13-3/h6-10,12H,4-5H2,1-3H3/t6?,7-,8+,9?,10-/m1/s1. The molecule has 1 heterocycles. The summed E-state index contributed by atoms with van der Waals surface area (Å²) in [7, 11) is 7.33. The van der Waals surface area contributed by atoms with Crippen LogP contribution in [-0.2, 0) is 14.2 Å². The first-order valence-electron chi connectivity index (χ1n) is 5.33. The van der Waals surface area contributed by atoms with Crippen molar-refractivity contribution in [1.29, 1.82) is 0 Å². The second-order valence-electron chi connectivity index (χ2n) is 3.88. The smallest absolute Gasteiger partial charge is 0.112 e. The Morgan fingerprint density at radius 1 is 1.53 bits per heavy atom. The van der Waals surface area contributed by atoms with Crippen LogP contribution in [0.15, 0.2) is 0 Å². The molecule has 4 nitrogen and oxygen atoms in total. The Hall–Kier alpha value is -0.0951. The molecule has 0 aromatic heterocycles. The van der Waals surface area contributed by atoms with Crippen LogP contribution in [-0.4, -0.2) is 57.1 Å². The van der Waals surface area contributed by atoms with Crippen molar-refractivity contribution in [2.75, 3.05) is 13.7 Å². The predicted octanol–water partition coefficient (Wildman–Crippen LogP) is 0.0708. The van der Waals surface area contributed by atoms with Crippen molar-refractivity contribution < 1.29 is 19.3 Å². The van der Waals surface area contributed by atoms with E-state index in [0.717, 1.165) is 6.42 Å². The predicted molar refractivity (Wildman–Crippen MR) is 56.9 cm³/mol. The van der Waals surface area contributed by atoms with Crippen LogP contribution in [0.25, 0.3) is 0 Å². The third-order valence-corrected chi connectivity index (χ3v) is 2.70. The minimum atomic E-state index is -0.644. The van der Waals surface area contributed by atoms with Crippen molar-refractivity contribution in [3.63, 3.8) is 0 Å². The van der Waals surface area contributed by atoms with E-state index in [0.29, 0.717) is 6.61 Å². The van der Waals surface area contributed by atoms with Gasteiger partial charge >= 0.3 is 0 Å². The van der Waals surface area contributed by atoms with Crippen LogP contribution in [0, 0.1) is 0 Å². The molecule has 0 bridgehead atoms. The van der Waals surface area contributed by atoms with Crippen LogP contribution < -0.4 is 0 Å². The minimum Gasteiger partial charge on any atom is -0.388 e. The maximum atomic E-state index is 9.83. The molecular formula is C10H19BO4. The molecule has 1 aliphatic rings. The molecule has 1 saturated heterocycles. The lowest BCUT2D eigenvalue weighted by molar-refractivity contribution is -0.0596. The molecule has 0 saturated carbocycles. The molecule has 0 aromatic carbocycles. The fourth-order valence-corrected chi connectivity index (χ4v) is 1.61. The van der Waals surface area contributed by atoms with Gasteiger partial charge in [-0.1, -0.05) is 6.92 Å². The van der Waals surface area contributed by atoms with Gasteiger partial charge in [0.25, 0.3) is 0 Å². The zero-order chi connectivity index (χ0) is 11.4. The molecule has 86 valence electrons. The highest BCUT2D eigenvalue weighted by atomic mass is 16.6. The largest absolute Gasteiger partial charge is 0.388 e. The van der Waals surface area contributed by atoms with Gasteiger partial charge in [-0.15, -0.1) is 0 Å². The Bertz CT molecular complexity index is 190. The molecule has 2 radical (unpaired) electrons. The van der Waals surface area contributed by atoms with Gasteiger partial charge in [-0.3, -0.25) is 0 Å². The quantitative estimate of drug-likeness (QED) is 0.658. The molecule has 0 spiro atoms. The van der Waals surface area contributed by atoms with Gasteiger partial charge in [-0.05, 0) is 13.3 Å². The highest BCUT2D eigenvalue weighted by Gasteiger charge is 2.40. The third-order valence-electron chi connectivity index (χ3n) is 2.70. The van der Waals surface area contributed by atoms with E-state index in [1.807, 2.05) is 13.8 Å². The van der Waals surface area contributed by atoms with E-state index < -0.39 is 18.2 Å². The van der Waals surface area contributed by atoms with Crippen molar-refractivity contribution in [2.45, 2.75) is 50.7 Å². The van der Waals surface area contributed by atoms with Crippen molar-refractivity contribution >= 4 is 7.85 Å². The average Bonchev–Trinajstić information content (AvgIpc) is 2.51. The second kappa shape index (κ2) is 5.84. The van der Waals surface area contributed by atoms with Crippen molar-refractivity contribution in [2.24, 2.45) is 0 Å². The Morgan fingerprint density at radius 2 is 2.20 bits per heavy atom. The maximum Gasteiger partial charge on any atom is 0.112 e. The minimum absolute atomic E-state index is 0.00919. The number of ether oxygens (including phenoxy) is 3. The van der Waals surface area contributed by atoms with E-state index in [2.05, 4.69) is 0 Å². The van der Waals surface area contributed by atoms with E-state index in [4.69, 9.17) is 22.1 Å². The molecule has 1 N–H and O–H groups in total. The van der Waals surface area contributed by atoms with Crippen molar-refractivity contribution in [3.8, 4) is 0 Å². The zero-order valence-electron chi connectivity index (χ0n) is 9.55. The summed E-state index contributed by atoms with van der Waals surface area (Å²) in [6, 6.07) is -0.547. The summed E-state index contributed by atoms with van der Waals surface area (Å²) in [5.41, 5.74) is 0. The normalized spacial score (nSPS) is 38.1. The SMILES string of the molecule is [B][C@@H]1O[C@H](CC)[C@H](O)C1OCC(C)OC. The van der Waals surface area contributed by atoms with E-state index in [9.17, 15) is 5.11 Å². The summed E-state index contributed by atoms with van der Waals surface area (Å²) in [4.78, 5) is 0. The molecular weight excluding hydrogens is 195 g/mol. The number of hydrogen-bond donors (Lipinski definition) is 1. The summed E-state index contributed by atoms with van der Waals surface area (Å²) in [6.45, 7) is 4.25. The van der Waals surface area contributed by atoms with Crippen LogP contribution in [0.4, 0.5) is 0 Å². The van der Waals surface area contributed by atoms with Crippen LogP contribution in [0.3, 0.4) is 0 Å². The first-order chi connectivity index (χ1) is 7.10. The highest BCUT2D eigenvalue weighted by molar-refractivity contribution is 6.11. The summed E-state index contributed by atoms with van der Waals surface area (Å²) < 4.78 is 15.9. The number of rotatable bonds is 5. The Labute approximate surface area is 92.3 Å². The van der Waals surface area contributed by atoms with Crippen molar-refractivity contribution in [3.05, 3.63) is 0 Å². The first kappa shape index (κ1) is 13.0. The van der Waals surface area contributed by atoms with Crippen LogP contribution in [0.1, 0.15) is 20.3 Å². The number of aliphatic hydroxyl groups excluding tert-OH is 1. The van der Waals surface area contributed by atoms with Crippen LogP contribution in [0.2, 0.25) is 0 Å². The lowest BCUT2D eigenvalue weighted by Gasteiger charge is -2.20. The summed E-state index contributed by atoms with van der Waals surface area (Å²) in [6.07, 6.45) is -0.594. The lowest BCUT2D eigenvalue weighted by Crippen LogP contribution is -2.37. The third kappa shape index (κ3) is 3.18. The average molecular weight is 214 g/mol. The van der Waals surface area contributed by atoms with E-state index in [1.165, 1.54) is 0 Å². The summed E-state index contributed by atoms with van der Waals surface area (Å²) >= 11 is 0. The second-order valence-corrected chi connectivity index (χ2v) is 3.88. The van der Waals surface area contributed by atoms with Crippen molar-refractivity contribution in [1.82, 2.24) is 0 Å². The monoisotopic (exact) mass is 214 g/mol. The van der Waals surface area contributed by atoms with Gasteiger partial charge in [0.15, 0.2) is 0 Å². The molecule has 5 heteroatoms. The molecule has 0 aromatic rings. The topological polar surface area (TPSA) is 47.9 Å². The zero-order valence-corrected chi connectivity index (χ0v) is 9.55. The molecule has 1 rings (SSSR count). The fourth-order valence-electron chi connectivity index (χ4n) is 1.61. The maximum absolute atomic E-state index is 9.83. The number of methoxy groups -OCH3 is 1. The molecule has 15 heavy (non-hydrogen) atoms. The lowest BCUT2D eigenvalue weighted by atomic mass is 9.92. The summed E-state index contributed by atoms with van der Waals surface area (Å²) in [5, 5.41) is 9.83. The molecule has 1 fully saturated rings. The van der Waals surface area contributed by atoms with Gasteiger partial charge < -0.3 is 19.3 Å². The van der Waals surface area contributed by atoms with E-state index in [-0.39, 0.29) is 12.2 Å². The first-order valence-corrected chi connectivity index (χ1v) is 5.33. The van der Waals surface area contributed by atoms with Gasteiger partial charge in [0.2, 0.25) is 0 Å². The molecule has 2 unspecified atom stereocenters. The van der Waals surface area contributed by atoms with Gasteiger partial charge in [0.05, 0.1) is 18.8 Å². The molecule has 1 aliphatic heterocycles. The van der Waals surface area contributed by atoms with Gasteiger partial charge in [0, 0.05) is 13.1 Å². The summed E-state index contributed by atoms with van der Waals surface area (Å²) in [5.74, 6) is 0. The van der Waals surface area contributed by atoms with Crippen LogP contribution in [0.5, 0.6) is 0 Å². The Morgan fingerprint density at radius 3 is 2.67 bits per heavy atom. The van der Waals surface area contributed by atoms with Gasteiger partial charge in [-0.25, -0.2) is 0 Å². The number of aliphatic hydroxyl groups is 1. The van der Waals surface area contributed by atoms with E-state index >= 15 is 0 Å². The highest BCUT2D eigenvalue weighted by Crippen LogP contribution is 2.24. The van der Waals surface area contributed by atoms with Crippen LogP contribution >= 0.6 is 0 Å². The fraction of sp³-hybridized carbons (Fsp3) is 1.00. The number of hydrogen-bond acceptors (Lipinski definition) is 4. The molecule has 0 aliphatic carbocycles. The molecule has 5 atom stereocenters. The Balaban J connectivity index is 2.40. The van der Waals surface area contributed by atoms with Gasteiger partial charge in [0.1, 0.15) is 20.1 Å². The van der Waals surface area contributed by atoms with Gasteiger partial charge in [-0.2, -0.15) is 0 Å². The Kier molecular flexibility index (Phi) is 5.05. The molecule has 0 amide bonds. The van der Waals surface area contributed by atoms with E-state index in [1.54, 1.807) is 7.11 Å².